The van der Waals surface area contributed by atoms with Crippen LogP contribution in [0.1, 0.15) is 6.92 Å². The van der Waals surface area contributed by atoms with Gasteiger partial charge in [0.2, 0.25) is 0 Å². The molecule has 0 aromatic heterocycles. The number of allylic oxidation sites excluding steroid dienone is 3. The van der Waals surface area contributed by atoms with Crippen molar-refractivity contribution in [2.24, 2.45) is 0 Å². The molecule has 0 saturated heterocycles. The number of rotatable bonds is 1. The van der Waals surface area contributed by atoms with Crippen LogP contribution in [-0.4, -0.2) is 5.48 Å². The van der Waals surface area contributed by atoms with Gasteiger partial charge in [0.15, 0.2) is 0 Å². The fourth-order valence-corrected chi connectivity index (χ4v) is 0.136. The molecule has 1 heteroatoms. The first-order chi connectivity index (χ1) is 2.41. The molecule has 0 amide bonds. The van der Waals surface area contributed by atoms with Crippen LogP contribution in [0.15, 0.2) is 24.8 Å². The fraction of sp³-hybridized carbons (Fsp3) is 0.200. The van der Waals surface area contributed by atoms with Gasteiger partial charge in [0.05, 0.1) is 0 Å². The summed E-state index contributed by atoms with van der Waals surface area (Å²) in [7, 11) is 0. The molecule has 0 aromatic rings. The van der Waals surface area contributed by atoms with Crippen molar-refractivity contribution < 1.29 is 5.48 Å². The van der Waals surface area contributed by atoms with E-state index < -0.39 is 0 Å². The van der Waals surface area contributed by atoms with Gasteiger partial charge in [0.25, 0.3) is 0 Å². The zero-order valence-electron chi connectivity index (χ0n) is 3.94. The Morgan fingerprint density at radius 1 is 1.50 bits per heavy atom. The molecule has 36 valence electrons. The normalized spacial score (nSPS) is 7.50. The Morgan fingerprint density at radius 2 is 2.00 bits per heavy atom. The molecule has 1 nitrogen and oxygen atoms in total. The van der Waals surface area contributed by atoms with Crippen LogP contribution in [0.3, 0.4) is 0 Å². The summed E-state index contributed by atoms with van der Waals surface area (Å²) < 4.78 is 0. The minimum Gasteiger partial charge on any atom is -0.412 e. The van der Waals surface area contributed by atoms with Gasteiger partial charge in [-0.3, -0.25) is 0 Å². The highest BCUT2D eigenvalue weighted by Crippen LogP contribution is 1.64. The van der Waals surface area contributed by atoms with Gasteiger partial charge in [-0.2, -0.15) is 0 Å². The minimum absolute atomic E-state index is 0. The summed E-state index contributed by atoms with van der Waals surface area (Å²) >= 11 is 0. The van der Waals surface area contributed by atoms with Gasteiger partial charge in [-0.25, -0.2) is 0 Å². The summed E-state index contributed by atoms with van der Waals surface area (Å²) in [4.78, 5) is 0. The Hall–Kier alpha value is -0.560. The predicted octanol–water partition coefficient (Wildman–Crippen LogP) is 0.924. The Balaban J connectivity index is 0. The van der Waals surface area contributed by atoms with E-state index >= 15 is 0 Å². The average molecular weight is 86.1 g/mol. The zero-order valence-corrected chi connectivity index (χ0v) is 3.94. The minimum atomic E-state index is 0. The molecule has 0 radical (unpaired) electrons. The van der Waals surface area contributed by atoms with Crippen molar-refractivity contribution >= 4 is 0 Å². The molecule has 0 heterocycles. The van der Waals surface area contributed by atoms with Gasteiger partial charge >= 0.3 is 0 Å². The van der Waals surface area contributed by atoms with Crippen molar-refractivity contribution in [2.75, 3.05) is 0 Å². The van der Waals surface area contributed by atoms with Gasteiger partial charge < -0.3 is 5.48 Å². The Morgan fingerprint density at radius 3 is 2.00 bits per heavy atom. The lowest BCUT2D eigenvalue weighted by Crippen LogP contribution is -1.33. The van der Waals surface area contributed by atoms with Crippen LogP contribution in [0.2, 0.25) is 0 Å². The fourth-order valence-electron chi connectivity index (χ4n) is 0.136. The van der Waals surface area contributed by atoms with Crippen molar-refractivity contribution in [3.8, 4) is 0 Å². The molecule has 0 unspecified atom stereocenters. The lowest BCUT2D eigenvalue weighted by Gasteiger charge is -1.56. The molecule has 2 N–H and O–H groups in total. The molecule has 0 aliphatic carbocycles. The van der Waals surface area contributed by atoms with Crippen molar-refractivity contribution in [1.29, 1.82) is 0 Å². The van der Waals surface area contributed by atoms with Gasteiger partial charge in [0.1, 0.15) is 0 Å². The standard InChI is InChI=1S/C5H8.H2O/c1-3-5-4-2;/h3-5H,1H2,2H3;1H2/b5-4+;. The van der Waals surface area contributed by atoms with Crippen LogP contribution < -0.4 is 0 Å². The monoisotopic (exact) mass is 86.1 g/mol. The summed E-state index contributed by atoms with van der Waals surface area (Å²) in [6.45, 7) is 5.42. The van der Waals surface area contributed by atoms with Crippen molar-refractivity contribution in [3.63, 3.8) is 0 Å². The smallest absolute Gasteiger partial charge is 0.0467 e. The largest absolute Gasteiger partial charge is 0.412 e. The van der Waals surface area contributed by atoms with Crippen molar-refractivity contribution in [1.82, 2.24) is 0 Å². The zero-order chi connectivity index (χ0) is 4.12. The summed E-state index contributed by atoms with van der Waals surface area (Å²) in [5.74, 6) is 0. The molecule has 0 aromatic carbocycles. The summed E-state index contributed by atoms with van der Waals surface area (Å²) in [5, 5.41) is 0. The Kier molecular flexibility index (Phi) is 13.3. The lowest BCUT2D eigenvalue weighted by atomic mass is 10.5. The molecule has 0 atom stereocenters. The molecule has 0 saturated carbocycles. The highest BCUT2D eigenvalue weighted by Gasteiger charge is 1.42. The molecular weight excluding hydrogens is 76.1 g/mol. The van der Waals surface area contributed by atoms with E-state index in [0.29, 0.717) is 0 Å². The highest BCUT2D eigenvalue weighted by molar-refractivity contribution is 4.94. The third-order valence-corrected chi connectivity index (χ3v) is 0.329. The lowest BCUT2D eigenvalue weighted by molar-refractivity contribution is 0.824. The highest BCUT2D eigenvalue weighted by atomic mass is 16.0. The van der Waals surface area contributed by atoms with Crippen LogP contribution in [0.25, 0.3) is 0 Å². The Bertz CT molecular complexity index is 45.9. The maximum atomic E-state index is 3.46. The topological polar surface area (TPSA) is 31.5 Å². The molecular formula is C5H10O. The second-order valence-corrected chi connectivity index (χ2v) is 0.761. The molecule has 6 heavy (non-hydrogen) atoms. The predicted molar refractivity (Wildman–Crippen MR) is 28.6 cm³/mol. The summed E-state index contributed by atoms with van der Waals surface area (Å²) in [5.41, 5.74) is 0. The van der Waals surface area contributed by atoms with Gasteiger partial charge in [-0.1, -0.05) is 24.8 Å². The third kappa shape index (κ3) is 9.88. The SMILES string of the molecule is C=C/C=C/C.O. The molecule has 0 spiro atoms. The quantitative estimate of drug-likeness (QED) is 0.425. The van der Waals surface area contributed by atoms with Crippen LogP contribution in [-0.2, 0) is 0 Å². The first kappa shape index (κ1) is 9.06. The van der Waals surface area contributed by atoms with E-state index in [0.717, 1.165) is 0 Å². The second-order valence-electron chi connectivity index (χ2n) is 0.761. The molecule has 0 bridgehead atoms. The van der Waals surface area contributed by atoms with E-state index in [1.54, 1.807) is 6.08 Å². The third-order valence-electron chi connectivity index (χ3n) is 0.329. The van der Waals surface area contributed by atoms with E-state index in [9.17, 15) is 0 Å². The Labute approximate surface area is 38.3 Å². The molecule has 0 fully saturated rings. The average Bonchev–Trinajstić information content (AvgIpc) is 1.41. The maximum Gasteiger partial charge on any atom is -0.0467 e. The van der Waals surface area contributed by atoms with E-state index in [-0.39, 0.29) is 5.48 Å². The van der Waals surface area contributed by atoms with Crippen LogP contribution in [0.4, 0.5) is 0 Å². The summed E-state index contributed by atoms with van der Waals surface area (Å²) in [6, 6.07) is 0. The van der Waals surface area contributed by atoms with Crippen molar-refractivity contribution in [3.05, 3.63) is 24.8 Å². The van der Waals surface area contributed by atoms with E-state index in [1.807, 2.05) is 19.1 Å². The molecule has 0 aliphatic rings. The van der Waals surface area contributed by atoms with E-state index in [4.69, 9.17) is 0 Å². The van der Waals surface area contributed by atoms with Crippen LogP contribution in [0.5, 0.6) is 0 Å². The van der Waals surface area contributed by atoms with Gasteiger partial charge in [-0.15, -0.1) is 0 Å². The molecule has 0 aliphatic heterocycles. The number of hydrogen-bond acceptors (Lipinski definition) is 0. The second kappa shape index (κ2) is 8.83. The van der Waals surface area contributed by atoms with E-state index in [2.05, 4.69) is 6.58 Å². The summed E-state index contributed by atoms with van der Waals surface area (Å²) in [6.07, 6.45) is 5.58. The van der Waals surface area contributed by atoms with Crippen LogP contribution >= 0.6 is 0 Å². The first-order valence-electron chi connectivity index (χ1n) is 1.65. The molecule has 0 rings (SSSR count). The van der Waals surface area contributed by atoms with E-state index in [1.165, 1.54) is 0 Å². The van der Waals surface area contributed by atoms with Gasteiger partial charge in [0, 0.05) is 0 Å². The first-order valence-corrected chi connectivity index (χ1v) is 1.65. The number of hydrogen-bond donors (Lipinski definition) is 0. The van der Waals surface area contributed by atoms with Gasteiger partial charge in [-0.05, 0) is 6.92 Å². The van der Waals surface area contributed by atoms with Crippen molar-refractivity contribution in [2.45, 2.75) is 6.92 Å². The van der Waals surface area contributed by atoms with Crippen LogP contribution in [0, 0.1) is 0 Å². The maximum absolute atomic E-state index is 3.46.